The van der Waals surface area contributed by atoms with Gasteiger partial charge in [0.25, 0.3) is 0 Å². The maximum atomic E-state index is 12.1. The number of nitrogens with one attached hydrogen (secondary N) is 2. The van der Waals surface area contributed by atoms with Gasteiger partial charge in [-0.2, -0.15) is 0 Å². The van der Waals surface area contributed by atoms with Crippen LogP contribution in [0.4, 0.5) is 0 Å². The topological polar surface area (TPSA) is 88.2 Å². The molecule has 0 aliphatic carbocycles. The van der Waals surface area contributed by atoms with E-state index in [0.717, 1.165) is 16.7 Å². The predicted molar refractivity (Wildman–Crippen MR) is 92.6 cm³/mol. The molecule has 0 atom stereocenters. The molecule has 1 amide bonds. The summed E-state index contributed by atoms with van der Waals surface area (Å²) < 4.78 is 26.6. The number of aryl methyl sites for hydroxylation is 1. The van der Waals surface area contributed by atoms with E-state index in [1.807, 2.05) is 32.0 Å². The lowest BCUT2D eigenvalue weighted by atomic mass is 10.1. The highest BCUT2D eigenvalue weighted by atomic mass is 32.2. The van der Waals surface area contributed by atoms with Crippen LogP contribution >= 0.6 is 0 Å². The fourth-order valence-corrected chi connectivity index (χ4v) is 3.33. The van der Waals surface area contributed by atoms with Gasteiger partial charge >= 0.3 is 0 Å². The molecule has 128 valence electrons. The Morgan fingerprint density at radius 2 is 1.92 bits per heavy atom. The van der Waals surface area contributed by atoms with Crippen molar-refractivity contribution in [2.24, 2.45) is 0 Å². The Morgan fingerprint density at radius 1 is 1.12 bits per heavy atom. The Balaban J connectivity index is 1.86. The summed E-state index contributed by atoms with van der Waals surface area (Å²) in [4.78, 5) is 15.9. The number of pyridine rings is 1. The Kier molecular flexibility index (Phi) is 6.05. The van der Waals surface area contributed by atoms with Crippen molar-refractivity contribution in [2.75, 3.05) is 6.54 Å². The second-order valence-corrected chi connectivity index (χ2v) is 7.34. The lowest BCUT2D eigenvalue weighted by Gasteiger charge is -2.10. The predicted octanol–water partition coefficient (Wildman–Crippen LogP) is 1.43. The zero-order valence-electron chi connectivity index (χ0n) is 13.7. The number of carbonyl (C=O) groups is 1. The van der Waals surface area contributed by atoms with Gasteiger partial charge < -0.3 is 5.32 Å². The van der Waals surface area contributed by atoms with E-state index in [0.29, 0.717) is 5.69 Å². The summed E-state index contributed by atoms with van der Waals surface area (Å²) in [6, 6.07) is 10.9. The first kappa shape index (κ1) is 18.1. The highest BCUT2D eigenvalue weighted by Crippen LogP contribution is 2.15. The molecule has 24 heavy (non-hydrogen) atoms. The Bertz CT molecular complexity index is 805. The van der Waals surface area contributed by atoms with Gasteiger partial charge in [-0.05, 0) is 42.7 Å². The van der Waals surface area contributed by atoms with E-state index >= 15 is 0 Å². The number of benzene rings is 1. The van der Waals surface area contributed by atoms with Crippen molar-refractivity contribution < 1.29 is 13.2 Å². The molecule has 0 saturated carbocycles. The lowest BCUT2D eigenvalue weighted by Crippen LogP contribution is -2.37. The monoisotopic (exact) mass is 347 g/mol. The second kappa shape index (κ2) is 8.03. The van der Waals surface area contributed by atoms with Crippen LogP contribution in [-0.2, 0) is 27.1 Å². The van der Waals surface area contributed by atoms with Crippen LogP contribution in [0.5, 0.6) is 0 Å². The number of hydrogen-bond donors (Lipinski definition) is 2. The zero-order chi connectivity index (χ0) is 17.6. The van der Waals surface area contributed by atoms with Crippen molar-refractivity contribution in [3.63, 3.8) is 0 Å². The van der Waals surface area contributed by atoms with Crippen LogP contribution in [0.1, 0.15) is 22.4 Å². The van der Waals surface area contributed by atoms with Crippen LogP contribution in [0.25, 0.3) is 0 Å². The van der Waals surface area contributed by atoms with Gasteiger partial charge in [-0.3, -0.25) is 9.78 Å². The fraction of sp³-hybridized carbons (Fsp3) is 0.294. The molecule has 0 radical (unpaired) electrons. The summed E-state index contributed by atoms with van der Waals surface area (Å²) in [5.74, 6) is -0.543. The molecule has 0 aliphatic heterocycles. The average molecular weight is 347 g/mol. The molecular weight excluding hydrogens is 326 g/mol. The molecule has 0 saturated heterocycles. The van der Waals surface area contributed by atoms with Crippen LogP contribution in [0.3, 0.4) is 0 Å². The summed E-state index contributed by atoms with van der Waals surface area (Å²) in [5.41, 5.74) is 3.43. The van der Waals surface area contributed by atoms with Crippen LogP contribution < -0.4 is 10.0 Å². The molecule has 2 rings (SSSR count). The SMILES string of the molecule is Cc1cccc(CS(=O)(=O)NCC(=O)NCc2ccccn2)c1C. The van der Waals surface area contributed by atoms with E-state index in [9.17, 15) is 13.2 Å². The van der Waals surface area contributed by atoms with Gasteiger partial charge in [0.15, 0.2) is 0 Å². The van der Waals surface area contributed by atoms with Gasteiger partial charge in [-0.1, -0.05) is 24.3 Å². The second-order valence-electron chi connectivity index (χ2n) is 5.54. The molecule has 6 nitrogen and oxygen atoms in total. The highest BCUT2D eigenvalue weighted by Gasteiger charge is 2.15. The molecule has 0 bridgehead atoms. The maximum absolute atomic E-state index is 12.1. The molecule has 1 aromatic carbocycles. The Labute approximate surface area is 142 Å². The minimum Gasteiger partial charge on any atom is -0.349 e. The number of carbonyl (C=O) groups excluding carboxylic acids is 1. The molecule has 2 N–H and O–H groups in total. The van der Waals surface area contributed by atoms with Crippen LogP contribution in [-0.4, -0.2) is 25.9 Å². The van der Waals surface area contributed by atoms with Crippen molar-refractivity contribution in [1.82, 2.24) is 15.0 Å². The molecular formula is C17H21N3O3S. The summed E-state index contributed by atoms with van der Waals surface area (Å²) in [5, 5.41) is 2.63. The molecule has 2 aromatic rings. The first-order chi connectivity index (χ1) is 11.4. The summed E-state index contributed by atoms with van der Waals surface area (Å²) in [6.45, 7) is 3.79. The maximum Gasteiger partial charge on any atom is 0.235 e. The van der Waals surface area contributed by atoms with Gasteiger partial charge in [-0.25, -0.2) is 13.1 Å². The van der Waals surface area contributed by atoms with Gasteiger partial charge in [0.2, 0.25) is 15.9 Å². The Morgan fingerprint density at radius 3 is 2.62 bits per heavy atom. The molecule has 1 heterocycles. The fourth-order valence-electron chi connectivity index (χ4n) is 2.15. The third-order valence-electron chi connectivity index (χ3n) is 3.71. The summed E-state index contributed by atoms with van der Waals surface area (Å²) in [6.07, 6.45) is 1.63. The standard InChI is InChI=1S/C17H21N3O3S/c1-13-6-5-7-15(14(13)2)12-24(22,23)20-11-17(21)19-10-16-8-3-4-9-18-16/h3-9,20H,10-12H2,1-2H3,(H,19,21). The number of sulfonamides is 1. The van der Waals surface area contributed by atoms with Crippen LogP contribution in [0.15, 0.2) is 42.6 Å². The normalized spacial score (nSPS) is 11.2. The van der Waals surface area contributed by atoms with Crippen molar-refractivity contribution in [2.45, 2.75) is 26.1 Å². The van der Waals surface area contributed by atoms with Crippen molar-refractivity contribution >= 4 is 15.9 Å². The van der Waals surface area contributed by atoms with Crippen LogP contribution in [0.2, 0.25) is 0 Å². The highest BCUT2D eigenvalue weighted by molar-refractivity contribution is 7.88. The average Bonchev–Trinajstić information content (AvgIpc) is 2.56. The molecule has 0 spiro atoms. The number of amides is 1. The van der Waals surface area contributed by atoms with Crippen LogP contribution in [0, 0.1) is 13.8 Å². The van der Waals surface area contributed by atoms with E-state index in [-0.39, 0.29) is 18.8 Å². The van der Waals surface area contributed by atoms with Crippen molar-refractivity contribution in [1.29, 1.82) is 0 Å². The summed E-state index contributed by atoms with van der Waals surface area (Å²) in [7, 11) is -3.58. The quantitative estimate of drug-likeness (QED) is 0.793. The number of rotatable bonds is 7. The Hall–Kier alpha value is -2.25. The van der Waals surface area contributed by atoms with E-state index in [2.05, 4.69) is 15.0 Å². The lowest BCUT2D eigenvalue weighted by molar-refractivity contribution is -0.120. The van der Waals surface area contributed by atoms with Gasteiger partial charge in [0.05, 0.1) is 24.5 Å². The first-order valence-corrected chi connectivity index (χ1v) is 9.21. The minimum absolute atomic E-state index is 0.145. The van der Waals surface area contributed by atoms with E-state index < -0.39 is 15.9 Å². The molecule has 0 unspecified atom stereocenters. The number of hydrogen-bond acceptors (Lipinski definition) is 4. The van der Waals surface area contributed by atoms with E-state index in [1.54, 1.807) is 24.4 Å². The largest absolute Gasteiger partial charge is 0.349 e. The van der Waals surface area contributed by atoms with E-state index in [1.165, 1.54) is 0 Å². The van der Waals surface area contributed by atoms with Crippen molar-refractivity contribution in [3.8, 4) is 0 Å². The number of nitrogens with zero attached hydrogens (tertiary/aromatic N) is 1. The third kappa shape index (κ3) is 5.43. The summed E-state index contributed by atoms with van der Waals surface area (Å²) >= 11 is 0. The molecule has 1 aromatic heterocycles. The molecule has 0 aliphatic rings. The van der Waals surface area contributed by atoms with Gasteiger partial charge in [-0.15, -0.1) is 0 Å². The smallest absolute Gasteiger partial charge is 0.235 e. The molecule has 7 heteroatoms. The van der Waals surface area contributed by atoms with E-state index in [4.69, 9.17) is 0 Å². The van der Waals surface area contributed by atoms with Gasteiger partial charge in [0.1, 0.15) is 0 Å². The first-order valence-electron chi connectivity index (χ1n) is 7.56. The molecule has 0 fully saturated rings. The zero-order valence-corrected chi connectivity index (χ0v) is 14.6. The minimum atomic E-state index is -3.58. The van der Waals surface area contributed by atoms with Crippen molar-refractivity contribution in [3.05, 3.63) is 65.0 Å². The van der Waals surface area contributed by atoms with Gasteiger partial charge in [0, 0.05) is 6.20 Å². The number of aromatic nitrogens is 1. The third-order valence-corrected chi connectivity index (χ3v) is 4.98.